The number of halogens is 1. The molecule has 3 aromatic carbocycles. The van der Waals surface area contributed by atoms with Crippen LogP contribution in [0.3, 0.4) is 0 Å². The van der Waals surface area contributed by atoms with Gasteiger partial charge >= 0.3 is 0 Å². The normalized spacial score (nSPS) is 15.7. The second-order valence-corrected chi connectivity index (χ2v) is 9.04. The first-order valence-corrected chi connectivity index (χ1v) is 11.5. The highest BCUT2D eigenvalue weighted by Crippen LogP contribution is 2.44. The van der Waals surface area contributed by atoms with Crippen LogP contribution in [0.2, 0.25) is 5.02 Å². The average Bonchev–Trinajstić information content (AvgIpc) is 3.41. The number of aryl methyl sites for hydroxylation is 2. The van der Waals surface area contributed by atoms with Crippen LogP contribution in [0.4, 0.5) is 5.69 Å². The zero-order valence-corrected chi connectivity index (χ0v) is 20.5. The standard InChI is InChI=1S/C28H22ClNO6/c1-14-7-9-18(11-15(14)2)30-24(16-8-10-20(31)19(29)12-16)23(26(33)28(30)34)25(32)22-13-17-5-4-6-21(35-3)27(17)36-22/h4-13,24,31,33H,1-3H3. The molecule has 5 rings (SSSR count). The van der Waals surface area contributed by atoms with Gasteiger partial charge in [-0.25, -0.2) is 0 Å². The number of para-hydroxylation sites is 1. The Morgan fingerprint density at radius 2 is 1.81 bits per heavy atom. The highest BCUT2D eigenvalue weighted by atomic mass is 35.5. The molecule has 0 saturated heterocycles. The van der Waals surface area contributed by atoms with E-state index in [1.54, 1.807) is 36.4 Å². The Hall–Kier alpha value is -4.23. The number of fused-ring (bicyclic) bond motifs is 1. The molecular weight excluding hydrogens is 482 g/mol. The highest BCUT2D eigenvalue weighted by Gasteiger charge is 2.45. The van der Waals surface area contributed by atoms with Crippen LogP contribution in [-0.4, -0.2) is 29.0 Å². The number of hydrogen-bond acceptors (Lipinski definition) is 6. The molecule has 2 N–H and O–H groups in total. The molecule has 2 heterocycles. The number of benzene rings is 3. The first-order chi connectivity index (χ1) is 17.2. The molecule has 0 spiro atoms. The molecule has 0 bridgehead atoms. The Labute approximate surface area is 211 Å². The van der Waals surface area contributed by atoms with E-state index in [4.69, 9.17) is 20.8 Å². The molecule has 1 atom stereocenters. The van der Waals surface area contributed by atoms with E-state index in [2.05, 4.69) is 0 Å². The second kappa shape index (κ2) is 8.77. The summed E-state index contributed by atoms with van der Waals surface area (Å²) in [6, 6.07) is 15.6. The van der Waals surface area contributed by atoms with Crippen LogP contribution in [0, 0.1) is 13.8 Å². The van der Waals surface area contributed by atoms with Gasteiger partial charge in [0.2, 0.25) is 5.78 Å². The summed E-state index contributed by atoms with van der Waals surface area (Å²) in [5.41, 5.74) is 3.12. The van der Waals surface area contributed by atoms with Gasteiger partial charge in [0.1, 0.15) is 5.75 Å². The molecule has 0 saturated carbocycles. The highest BCUT2D eigenvalue weighted by molar-refractivity contribution is 6.32. The summed E-state index contributed by atoms with van der Waals surface area (Å²) < 4.78 is 11.2. The predicted molar refractivity (Wildman–Crippen MR) is 136 cm³/mol. The average molecular weight is 504 g/mol. The van der Waals surface area contributed by atoms with Crippen molar-refractivity contribution in [3.63, 3.8) is 0 Å². The number of ketones is 1. The van der Waals surface area contributed by atoms with Gasteiger partial charge < -0.3 is 19.4 Å². The summed E-state index contributed by atoms with van der Waals surface area (Å²) >= 11 is 6.19. The zero-order valence-electron chi connectivity index (χ0n) is 19.7. The molecular formula is C28H22ClNO6. The van der Waals surface area contributed by atoms with Crippen molar-refractivity contribution >= 4 is 39.9 Å². The van der Waals surface area contributed by atoms with Gasteiger partial charge in [0, 0.05) is 11.1 Å². The monoisotopic (exact) mass is 503 g/mol. The molecule has 0 fully saturated rings. The van der Waals surface area contributed by atoms with Crippen LogP contribution >= 0.6 is 11.6 Å². The SMILES string of the molecule is COc1cccc2cc(C(=O)C3=C(O)C(=O)N(c4ccc(C)c(C)c4)C3c3ccc(O)c(Cl)c3)oc12. The van der Waals surface area contributed by atoms with Gasteiger partial charge in [-0.05, 0) is 66.9 Å². The molecule has 7 nitrogen and oxygen atoms in total. The third kappa shape index (κ3) is 3.69. The fourth-order valence-corrected chi connectivity index (χ4v) is 4.62. The molecule has 0 radical (unpaired) electrons. The van der Waals surface area contributed by atoms with Crippen LogP contribution in [0.1, 0.15) is 33.3 Å². The third-order valence-electron chi connectivity index (χ3n) is 6.46. The minimum atomic E-state index is -1.01. The molecule has 1 aliphatic heterocycles. The van der Waals surface area contributed by atoms with E-state index in [0.29, 0.717) is 28.0 Å². The lowest BCUT2D eigenvalue weighted by Gasteiger charge is -2.27. The van der Waals surface area contributed by atoms with Crippen LogP contribution in [0.25, 0.3) is 11.0 Å². The minimum Gasteiger partial charge on any atom is -0.506 e. The van der Waals surface area contributed by atoms with Crippen LogP contribution < -0.4 is 9.64 Å². The van der Waals surface area contributed by atoms with E-state index in [-0.39, 0.29) is 22.1 Å². The summed E-state index contributed by atoms with van der Waals surface area (Å²) in [4.78, 5) is 28.5. The number of hydrogen-bond donors (Lipinski definition) is 2. The third-order valence-corrected chi connectivity index (χ3v) is 6.76. The number of furan rings is 1. The van der Waals surface area contributed by atoms with E-state index in [1.165, 1.54) is 24.1 Å². The Bertz CT molecular complexity index is 1580. The van der Waals surface area contributed by atoms with E-state index < -0.39 is 23.5 Å². The van der Waals surface area contributed by atoms with E-state index in [0.717, 1.165) is 11.1 Å². The zero-order chi connectivity index (χ0) is 25.7. The largest absolute Gasteiger partial charge is 0.506 e. The van der Waals surface area contributed by atoms with Crippen molar-refractivity contribution in [2.24, 2.45) is 0 Å². The number of nitrogens with zero attached hydrogens (tertiary/aromatic N) is 1. The summed E-state index contributed by atoms with van der Waals surface area (Å²) in [6.07, 6.45) is 0. The summed E-state index contributed by atoms with van der Waals surface area (Å²) in [5.74, 6) is -1.82. The number of Topliss-reactive ketones (excluding diaryl/α,β-unsaturated/α-hetero) is 1. The molecule has 36 heavy (non-hydrogen) atoms. The number of ether oxygens (including phenoxy) is 1. The van der Waals surface area contributed by atoms with Crippen molar-refractivity contribution < 1.29 is 29.0 Å². The van der Waals surface area contributed by atoms with Gasteiger partial charge in [-0.15, -0.1) is 0 Å². The molecule has 4 aromatic rings. The predicted octanol–water partition coefficient (Wildman–Crippen LogP) is 6.20. The number of aliphatic hydroxyl groups is 1. The molecule has 1 aliphatic rings. The van der Waals surface area contributed by atoms with Crippen molar-refractivity contribution in [2.75, 3.05) is 12.0 Å². The van der Waals surface area contributed by atoms with Crippen LogP contribution in [0.15, 0.2) is 76.4 Å². The summed E-state index contributed by atoms with van der Waals surface area (Å²) in [5, 5.41) is 21.6. The number of aliphatic hydroxyl groups excluding tert-OH is 1. The number of carbonyl (C=O) groups excluding carboxylic acids is 2. The summed E-state index contributed by atoms with van der Waals surface area (Å²) in [7, 11) is 1.49. The number of methoxy groups -OCH3 is 1. The second-order valence-electron chi connectivity index (χ2n) is 8.64. The van der Waals surface area contributed by atoms with Crippen molar-refractivity contribution in [1.82, 2.24) is 0 Å². The van der Waals surface area contributed by atoms with Gasteiger partial charge in [0.05, 0.1) is 23.7 Å². The molecule has 182 valence electrons. The van der Waals surface area contributed by atoms with Gasteiger partial charge in [-0.3, -0.25) is 14.5 Å². The van der Waals surface area contributed by atoms with Gasteiger partial charge in [0.25, 0.3) is 5.91 Å². The number of aromatic hydroxyl groups is 1. The molecule has 1 aromatic heterocycles. The van der Waals surface area contributed by atoms with Gasteiger partial charge in [-0.1, -0.05) is 35.9 Å². The fraction of sp³-hybridized carbons (Fsp3) is 0.143. The van der Waals surface area contributed by atoms with Crippen LogP contribution in [-0.2, 0) is 4.79 Å². The van der Waals surface area contributed by atoms with Crippen molar-refractivity contribution in [3.05, 3.63) is 99.5 Å². The van der Waals surface area contributed by atoms with Crippen molar-refractivity contribution in [1.29, 1.82) is 0 Å². The maximum atomic E-state index is 13.8. The fourth-order valence-electron chi connectivity index (χ4n) is 4.43. The lowest BCUT2D eigenvalue weighted by atomic mass is 9.94. The number of amides is 1. The Kier molecular flexibility index (Phi) is 5.73. The number of phenolic OH excluding ortho intramolecular Hbond substituents is 1. The Morgan fingerprint density at radius 3 is 2.50 bits per heavy atom. The van der Waals surface area contributed by atoms with Crippen LogP contribution in [0.5, 0.6) is 11.5 Å². The van der Waals surface area contributed by atoms with Crippen molar-refractivity contribution in [2.45, 2.75) is 19.9 Å². The van der Waals surface area contributed by atoms with E-state index in [9.17, 15) is 19.8 Å². The first-order valence-electron chi connectivity index (χ1n) is 11.1. The van der Waals surface area contributed by atoms with Gasteiger partial charge in [-0.2, -0.15) is 0 Å². The number of carbonyl (C=O) groups is 2. The summed E-state index contributed by atoms with van der Waals surface area (Å²) in [6.45, 7) is 3.86. The maximum Gasteiger partial charge on any atom is 0.294 e. The molecule has 1 amide bonds. The molecule has 0 aliphatic carbocycles. The maximum absolute atomic E-state index is 13.8. The van der Waals surface area contributed by atoms with Gasteiger partial charge in [0.15, 0.2) is 22.9 Å². The van der Waals surface area contributed by atoms with E-state index in [1.807, 2.05) is 26.0 Å². The topological polar surface area (TPSA) is 100 Å². The lowest BCUT2D eigenvalue weighted by molar-refractivity contribution is -0.117. The minimum absolute atomic E-state index is 0.0478. The Morgan fingerprint density at radius 1 is 1.03 bits per heavy atom. The first kappa shape index (κ1) is 23.5. The number of rotatable bonds is 5. The quantitative estimate of drug-likeness (QED) is 0.314. The van der Waals surface area contributed by atoms with Crippen molar-refractivity contribution in [3.8, 4) is 11.5 Å². The van der Waals surface area contributed by atoms with E-state index >= 15 is 0 Å². The lowest BCUT2D eigenvalue weighted by Crippen LogP contribution is -2.31. The molecule has 1 unspecified atom stereocenters. The number of anilines is 1. The molecule has 8 heteroatoms. The Balaban J connectivity index is 1.69. The number of phenols is 1. The smallest absolute Gasteiger partial charge is 0.294 e.